The molecule has 0 aromatic heterocycles. The highest BCUT2D eigenvalue weighted by molar-refractivity contribution is 5.81. The third kappa shape index (κ3) is 1.29. The van der Waals surface area contributed by atoms with E-state index in [1.807, 2.05) is 41.4 Å². The molecule has 3 rings (SSSR count). The molecule has 3 nitrogen and oxygen atoms in total. The Hall–Kier alpha value is -2.16. The maximum absolute atomic E-state index is 10.9. The van der Waals surface area contributed by atoms with E-state index in [9.17, 15) is 4.79 Å². The van der Waals surface area contributed by atoms with Crippen LogP contribution in [0.1, 0.15) is 0 Å². The fourth-order valence-corrected chi connectivity index (χ4v) is 1.96. The van der Waals surface area contributed by atoms with Crippen molar-refractivity contribution in [3.05, 3.63) is 58.4 Å². The maximum atomic E-state index is 10.9. The molecule has 0 spiro atoms. The Labute approximate surface area is 92.7 Å². The number of carbonyl (C=O) groups excluding carboxylic acids is 1. The predicted molar refractivity (Wildman–Crippen MR) is 60.6 cm³/mol. The van der Waals surface area contributed by atoms with Crippen molar-refractivity contribution in [3.63, 3.8) is 0 Å². The van der Waals surface area contributed by atoms with Crippen LogP contribution < -0.4 is 10.6 Å². The minimum absolute atomic E-state index is 0.716. The number of benzene rings is 1. The molecule has 78 valence electrons. The summed E-state index contributed by atoms with van der Waals surface area (Å²) in [6, 6.07) is 7.94. The molecule has 2 heterocycles. The van der Waals surface area contributed by atoms with Crippen molar-refractivity contribution in [2.24, 2.45) is 4.99 Å². The monoisotopic (exact) mass is 210 g/mol. The van der Waals surface area contributed by atoms with Crippen LogP contribution in [0.4, 0.5) is 0 Å². The summed E-state index contributed by atoms with van der Waals surface area (Å²) in [5.74, 6) is 0. The van der Waals surface area contributed by atoms with Gasteiger partial charge < -0.3 is 4.90 Å². The molecule has 1 aromatic carbocycles. The van der Waals surface area contributed by atoms with Gasteiger partial charge in [-0.15, -0.1) is 0 Å². The molecule has 0 amide bonds. The van der Waals surface area contributed by atoms with Gasteiger partial charge in [0.2, 0.25) is 0 Å². The number of aldehydes is 1. The molecule has 0 N–H and O–H groups in total. The van der Waals surface area contributed by atoms with E-state index in [1.165, 1.54) is 0 Å². The molecular formula is C13H10N2O. The zero-order valence-corrected chi connectivity index (χ0v) is 8.63. The SMILES string of the molecule is O=CC1=CCN2C=c3ccccc3=NC=C12. The van der Waals surface area contributed by atoms with Gasteiger partial charge in [-0.1, -0.05) is 24.3 Å². The quantitative estimate of drug-likeness (QED) is 0.626. The summed E-state index contributed by atoms with van der Waals surface area (Å²) in [6.07, 6.45) is 6.59. The average Bonchev–Trinajstić information content (AvgIpc) is 2.61. The molecule has 2 aliphatic rings. The van der Waals surface area contributed by atoms with E-state index in [0.717, 1.165) is 29.1 Å². The van der Waals surface area contributed by atoms with Gasteiger partial charge in [-0.25, -0.2) is 0 Å². The van der Waals surface area contributed by atoms with Crippen molar-refractivity contribution in [2.45, 2.75) is 0 Å². The summed E-state index contributed by atoms with van der Waals surface area (Å²) in [4.78, 5) is 17.3. The lowest BCUT2D eigenvalue weighted by molar-refractivity contribution is -0.104. The molecule has 2 aliphatic heterocycles. The minimum atomic E-state index is 0.716. The number of hydrogen-bond acceptors (Lipinski definition) is 3. The lowest BCUT2D eigenvalue weighted by Gasteiger charge is -2.13. The number of allylic oxidation sites excluding steroid dienone is 1. The molecule has 3 heteroatoms. The second-order valence-electron chi connectivity index (χ2n) is 3.76. The van der Waals surface area contributed by atoms with Crippen LogP contribution in [-0.2, 0) is 4.79 Å². The van der Waals surface area contributed by atoms with Crippen molar-refractivity contribution in [3.8, 4) is 0 Å². The van der Waals surface area contributed by atoms with E-state index >= 15 is 0 Å². The van der Waals surface area contributed by atoms with Crippen LogP contribution in [0, 0.1) is 0 Å². The van der Waals surface area contributed by atoms with Crippen LogP contribution in [0.2, 0.25) is 0 Å². The Balaban J connectivity index is 2.21. The topological polar surface area (TPSA) is 32.7 Å². The van der Waals surface area contributed by atoms with Crippen LogP contribution in [-0.4, -0.2) is 17.7 Å². The number of rotatable bonds is 1. The first-order valence-electron chi connectivity index (χ1n) is 5.16. The molecule has 0 aliphatic carbocycles. The molecule has 16 heavy (non-hydrogen) atoms. The van der Waals surface area contributed by atoms with Crippen LogP contribution >= 0.6 is 0 Å². The molecular weight excluding hydrogens is 200 g/mol. The molecule has 1 aromatic rings. The van der Waals surface area contributed by atoms with Crippen LogP contribution in [0.3, 0.4) is 0 Å². The van der Waals surface area contributed by atoms with Gasteiger partial charge in [0.25, 0.3) is 0 Å². The first-order chi connectivity index (χ1) is 7.88. The molecule has 0 unspecified atom stereocenters. The minimum Gasteiger partial charge on any atom is -0.342 e. The van der Waals surface area contributed by atoms with Crippen LogP contribution in [0.25, 0.3) is 6.20 Å². The Kier molecular flexibility index (Phi) is 1.96. The standard InChI is InChI=1S/C13H10N2O/c16-9-11-5-6-15-8-10-3-1-2-4-12(10)14-7-13(11)15/h1-5,7-9H,6H2. The Morgan fingerprint density at radius 3 is 3.06 bits per heavy atom. The summed E-state index contributed by atoms with van der Waals surface area (Å²) in [5.41, 5.74) is 1.60. The van der Waals surface area contributed by atoms with E-state index in [4.69, 9.17) is 0 Å². The maximum Gasteiger partial charge on any atom is 0.151 e. The van der Waals surface area contributed by atoms with E-state index in [0.29, 0.717) is 5.57 Å². The summed E-state index contributed by atoms with van der Waals surface area (Å²) >= 11 is 0. The number of nitrogens with zero attached hydrogens (tertiary/aromatic N) is 2. The molecule has 0 atom stereocenters. The highest BCUT2D eigenvalue weighted by Crippen LogP contribution is 2.21. The molecule has 0 radical (unpaired) electrons. The number of hydrogen-bond donors (Lipinski definition) is 0. The third-order valence-corrected chi connectivity index (χ3v) is 2.80. The smallest absolute Gasteiger partial charge is 0.151 e. The lowest BCUT2D eigenvalue weighted by Crippen LogP contribution is -2.26. The van der Waals surface area contributed by atoms with E-state index in [2.05, 4.69) is 4.99 Å². The summed E-state index contributed by atoms with van der Waals surface area (Å²) in [5, 5.41) is 2.02. The number of para-hydroxylation sites is 1. The predicted octanol–water partition coefficient (Wildman–Crippen LogP) is 0.340. The Bertz CT molecular complexity index is 626. The van der Waals surface area contributed by atoms with Crippen molar-refractivity contribution >= 4 is 12.5 Å². The summed E-state index contributed by atoms with van der Waals surface area (Å²) in [7, 11) is 0. The summed E-state index contributed by atoms with van der Waals surface area (Å²) < 4.78 is 0. The van der Waals surface area contributed by atoms with E-state index < -0.39 is 0 Å². The molecule has 0 saturated heterocycles. The first-order valence-corrected chi connectivity index (χ1v) is 5.16. The highest BCUT2D eigenvalue weighted by Gasteiger charge is 2.18. The lowest BCUT2D eigenvalue weighted by atomic mass is 10.2. The van der Waals surface area contributed by atoms with Crippen molar-refractivity contribution in [1.29, 1.82) is 0 Å². The van der Waals surface area contributed by atoms with Crippen molar-refractivity contribution in [1.82, 2.24) is 4.90 Å². The van der Waals surface area contributed by atoms with Gasteiger partial charge in [0.1, 0.15) is 0 Å². The van der Waals surface area contributed by atoms with E-state index in [1.54, 1.807) is 6.20 Å². The van der Waals surface area contributed by atoms with E-state index in [-0.39, 0.29) is 0 Å². The molecule has 0 saturated carbocycles. The zero-order chi connectivity index (χ0) is 11.0. The molecule has 0 fully saturated rings. The fourth-order valence-electron chi connectivity index (χ4n) is 1.96. The first kappa shape index (κ1) is 9.09. The van der Waals surface area contributed by atoms with Crippen LogP contribution in [0.15, 0.2) is 52.8 Å². The largest absolute Gasteiger partial charge is 0.342 e. The number of carbonyl (C=O) groups is 1. The fraction of sp³-hybridized carbons (Fsp3) is 0.0769. The highest BCUT2D eigenvalue weighted by atomic mass is 16.1. The average molecular weight is 210 g/mol. The molecule has 0 bridgehead atoms. The van der Waals surface area contributed by atoms with Gasteiger partial charge in [0.15, 0.2) is 6.29 Å². The van der Waals surface area contributed by atoms with Gasteiger partial charge in [-0.2, -0.15) is 0 Å². The van der Waals surface area contributed by atoms with Gasteiger partial charge in [0, 0.05) is 23.5 Å². The van der Waals surface area contributed by atoms with Crippen LogP contribution in [0.5, 0.6) is 0 Å². The van der Waals surface area contributed by atoms with Gasteiger partial charge in [-0.05, 0) is 6.07 Å². The normalized spacial score (nSPS) is 17.1. The Morgan fingerprint density at radius 2 is 2.19 bits per heavy atom. The van der Waals surface area contributed by atoms with Gasteiger partial charge >= 0.3 is 0 Å². The van der Waals surface area contributed by atoms with Crippen molar-refractivity contribution in [2.75, 3.05) is 6.54 Å². The Morgan fingerprint density at radius 1 is 1.31 bits per heavy atom. The summed E-state index contributed by atoms with van der Waals surface area (Å²) in [6.45, 7) is 0.740. The third-order valence-electron chi connectivity index (χ3n) is 2.80. The number of fused-ring (bicyclic) bond motifs is 2. The zero-order valence-electron chi connectivity index (χ0n) is 8.63. The van der Waals surface area contributed by atoms with Gasteiger partial charge in [0.05, 0.1) is 17.3 Å². The second-order valence-corrected chi connectivity index (χ2v) is 3.76. The second kappa shape index (κ2) is 3.45. The van der Waals surface area contributed by atoms with Gasteiger partial charge in [-0.3, -0.25) is 9.79 Å². The van der Waals surface area contributed by atoms with Crippen molar-refractivity contribution < 1.29 is 4.79 Å².